The molecule has 2 aliphatic heterocycles. The van der Waals surface area contributed by atoms with Gasteiger partial charge in [-0.25, -0.2) is 14.4 Å². The highest BCUT2D eigenvalue weighted by Gasteiger charge is 2.44. The molecule has 1 N–H and O–H groups in total. The van der Waals surface area contributed by atoms with E-state index in [-0.39, 0.29) is 23.8 Å². The minimum Gasteiger partial charge on any atom is -0.459 e. The van der Waals surface area contributed by atoms with Crippen LogP contribution >= 0.6 is 0 Å². The molecule has 2 aromatic heterocycles. The van der Waals surface area contributed by atoms with Crippen molar-refractivity contribution in [3.63, 3.8) is 0 Å². The minimum absolute atomic E-state index is 0.0872. The molecule has 0 aromatic carbocycles. The first-order chi connectivity index (χ1) is 11.7. The van der Waals surface area contributed by atoms with Crippen LogP contribution in [-0.4, -0.2) is 48.2 Å². The number of rotatable bonds is 4. The maximum Gasteiger partial charge on any atom is 0.286 e. The number of halogens is 1. The summed E-state index contributed by atoms with van der Waals surface area (Å²) in [6, 6.07) is 3.31. The van der Waals surface area contributed by atoms with Crippen molar-refractivity contribution >= 4 is 11.9 Å². The second kappa shape index (κ2) is 6.20. The van der Waals surface area contributed by atoms with E-state index < -0.39 is 5.82 Å². The van der Waals surface area contributed by atoms with Gasteiger partial charge in [-0.1, -0.05) is 0 Å². The largest absolute Gasteiger partial charge is 0.459 e. The third kappa shape index (κ3) is 2.84. The van der Waals surface area contributed by atoms with Crippen LogP contribution in [0.1, 0.15) is 10.6 Å². The average molecular weight is 332 g/mol. The topological polar surface area (TPSA) is 80.5 Å². The summed E-state index contributed by atoms with van der Waals surface area (Å²) in [5, 5.41) is 2.89. The smallest absolute Gasteiger partial charge is 0.286 e. The van der Waals surface area contributed by atoms with Gasteiger partial charge in [-0.05, 0) is 12.1 Å². The molecular weight excluding hydrogens is 315 g/mol. The first kappa shape index (κ1) is 15.1. The van der Waals surface area contributed by atoms with Gasteiger partial charge in [-0.2, -0.15) is 0 Å². The third-order valence-corrected chi connectivity index (χ3v) is 4.60. The Hall–Kier alpha value is -2.48. The molecule has 3 atom stereocenters. The molecule has 126 valence electrons. The van der Waals surface area contributed by atoms with E-state index in [1.54, 1.807) is 12.1 Å². The highest BCUT2D eigenvalue weighted by atomic mass is 19.1. The molecule has 0 radical (unpaired) electrons. The quantitative estimate of drug-likeness (QED) is 0.903. The van der Waals surface area contributed by atoms with Gasteiger partial charge in [0.05, 0.1) is 31.4 Å². The van der Waals surface area contributed by atoms with E-state index in [0.717, 1.165) is 6.54 Å². The molecule has 2 fully saturated rings. The maximum atomic E-state index is 12.9. The molecule has 0 bridgehead atoms. The number of aromatic nitrogens is 2. The Morgan fingerprint density at radius 3 is 2.96 bits per heavy atom. The molecule has 4 heterocycles. The Labute approximate surface area is 137 Å². The lowest BCUT2D eigenvalue weighted by Crippen LogP contribution is -2.34. The summed E-state index contributed by atoms with van der Waals surface area (Å²) >= 11 is 0. The summed E-state index contributed by atoms with van der Waals surface area (Å²) < 4.78 is 23.9. The zero-order valence-electron chi connectivity index (χ0n) is 12.9. The monoisotopic (exact) mass is 332 g/mol. The number of nitrogens with zero attached hydrogens (tertiary/aromatic N) is 3. The Balaban J connectivity index is 1.36. The molecule has 0 unspecified atom stereocenters. The van der Waals surface area contributed by atoms with Gasteiger partial charge < -0.3 is 19.4 Å². The van der Waals surface area contributed by atoms with Crippen molar-refractivity contribution in [2.75, 3.05) is 31.1 Å². The van der Waals surface area contributed by atoms with E-state index in [2.05, 4.69) is 15.3 Å². The zero-order valence-corrected chi connectivity index (χ0v) is 12.9. The molecule has 0 aliphatic carbocycles. The Kier molecular flexibility index (Phi) is 3.89. The second-order valence-corrected chi connectivity index (χ2v) is 6.09. The van der Waals surface area contributed by atoms with E-state index in [9.17, 15) is 9.18 Å². The first-order valence-electron chi connectivity index (χ1n) is 7.86. The van der Waals surface area contributed by atoms with Crippen LogP contribution in [-0.2, 0) is 4.74 Å². The fourth-order valence-corrected chi connectivity index (χ4v) is 3.36. The van der Waals surface area contributed by atoms with Crippen molar-refractivity contribution in [3.8, 4) is 0 Å². The van der Waals surface area contributed by atoms with Crippen LogP contribution in [0.2, 0.25) is 0 Å². The molecule has 2 saturated heterocycles. The predicted octanol–water partition coefficient (Wildman–Crippen LogP) is 1.09. The molecule has 7 nitrogen and oxygen atoms in total. The van der Waals surface area contributed by atoms with Crippen LogP contribution in [0.15, 0.2) is 35.2 Å². The lowest BCUT2D eigenvalue weighted by atomic mass is 9.93. The van der Waals surface area contributed by atoms with Crippen molar-refractivity contribution in [1.29, 1.82) is 0 Å². The fraction of sp³-hybridized carbons (Fsp3) is 0.438. The van der Waals surface area contributed by atoms with E-state index in [1.807, 2.05) is 4.90 Å². The number of ether oxygens (including phenoxy) is 1. The molecule has 0 saturated carbocycles. The SMILES string of the molecule is O=C(NC[C@H]1CO[C@@H]2CN(c3ncc(F)cn3)C[C@H]12)c1ccco1. The number of hydrogen-bond donors (Lipinski definition) is 1. The van der Waals surface area contributed by atoms with Crippen molar-refractivity contribution in [1.82, 2.24) is 15.3 Å². The van der Waals surface area contributed by atoms with Crippen LogP contribution in [0, 0.1) is 17.7 Å². The van der Waals surface area contributed by atoms with Gasteiger partial charge in [-0.15, -0.1) is 0 Å². The minimum atomic E-state index is -0.451. The number of furan rings is 1. The summed E-state index contributed by atoms with van der Waals surface area (Å²) in [5.41, 5.74) is 0. The van der Waals surface area contributed by atoms with E-state index in [1.165, 1.54) is 18.7 Å². The van der Waals surface area contributed by atoms with Gasteiger partial charge in [0.15, 0.2) is 11.6 Å². The Bertz CT molecular complexity index is 707. The molecule has 0 spiro atoms. The Morgan fingerprint density at radius 2 is 2.21 bits per heavy atom. The number of nitrogens with one attached hydrogen (secondary N) is 1. The highest BCUT2D eigenvalue weighted by Crippen LogP contribution is 2.34. The van der Waals surface area contributed by atoms with E-state index >= 15 is 0 Å². The van der Waals surface area contributed by atoms with Crippen molar-refractivity contribution in [3.05, 3.63) is 42.4 Å². The number of fused-ring (bicyclic) bond motifs is 1. The van der Waals surface area contributed by atoms with Crippen LogP contribution < -0.4 is 10.2 Å². The first-order valence-corrected chi connectivity index (χ1v) is 7.86. The summed E-state index contributed by atoms with van der Waals surface area (Å²) in [6.07, 6.45) is 3.89. The number of anilines is 1. The van der Waals surface area contributed by atoms with Crippen LogP contribution in [0.5, 0.6) is 0 Å². The normalized spacial score (nSPS) is 25.7. The number of carbonyl (C=O) groups excluding carboxylic acids is 1. The highest BCUT2D eigenvalue weighted by molar-refractivity contribution is 5.91. The van der Waals surface area contributed by atoms with Gasteiger partial charge in [0.2, 0.25) is 5.95 Å². The number of carbonyl (C=O) groups is 1. The molecule has 2 aromatic rings. The van der Waals surface area contributed by atoms with Crippen LogP contribution in [0.4, 0.5) is 10.3 Å². The van der Waals surface area contributed by atoms with Gasteiger partial charge in [-0.3, -0.25) is 4.79 Å². The average Bonchev–Trinajstić information content (AvgIpc) is 3.30. The van der Waals surface area contributed by atoms with E-state index in [4.69, 9.17) is 9.15 Å². The predicted molar refractivity (Wildman–Crippen MR) is 82.0 cm³/mol. The molecule has 24 heavy (non-hydrogen) atoms. The zero-order chi connectivity index (χ0) is 16.5. The second-order valence-electron chi connectivity index (χ2n) is 6.09. The fourth-order valence-electron chi connectivity index (χ4n) is 3.36. The standard InChI is InChI=1S/C16H17FN4O3/c17-11-5-19-16(20-6-11)21-7-12-10(9-24-14(12)8-21)4-18-15(22)13-2-1-3-23-13/h1-3,5-6,10,12,14H,4,7-9H2,(H,18,22)/t10-,12+,14+/m0/s1. The molecule has 8 heteroatoms. The van der Waals surface area contributed by atoms with Crippen molar-refractivity contribution in [2.24, 2.45) is 11.8 Å². The van der Waals surface area contributed by atoms with Gasteiger partial charge in [0.1, 0.15) is 0 Å². The van der Waals surface area contributed by atoms with Gasteiger partial charge in [0.25, 0.3) is 5.91 Å². The number of amides is 1. The lowest BCUT2D eigenvalue weighted by Gasteiger charge is -2.19. The van der Waals surface area contributed by atoms with Crippen molar-refractivity contribution in [2.45, 2.75) is 6.10 Å². The number of hydrogen-bond acceptors (Lipinski definition) is 6. The van der Waals surface area contributed by atoms with Crippen LogP contribution in [0.3, 0.4) is 0 Å². The van der Waals surface area contributed by atoms with E-state index in [0.29, 0.717) is 31.4 Å². The summed E-state index contributed by atoms with van der Waals surface area (Å²) in [7, 11) is 0. The molecule has 2 aliphatic rings. The summed E-state index contributed by atoms with van der Waals surface area (Å²) in [4.78, 5) is 22.0. The summed E-state index contributed by atoms with van der Waals surface area (Å²) in [6.45, 7) is 2.56. The Morgan fingerprint density at radius 1 is 1.38 bits per heavy atom. The maximum absolute atomic E-state index is 12.9. The lowest BCUT2D eigenvalue weighted by molar-refractivity contribution is 0.0912. The molecular formula is C16H17FN4O3. The van der Waals surface area contributed by atoms with Crippen molar-refractivity contribution < 1.29 is 18.3 Å². The molecule has 4 rings (SSSR count). The van der Waals surface area contributed by atoms with Gasteiger partial charge >= 0.3 is 0 Å². The third-order valence-electron chi connectivity index (χ3n) is 4.60. The van der Waals surface area contributed by atoms with Gasteiger partial charge in [0, 0.05) is 31.5 Å². The van der Waals surface area contributed by atoms with Crippen LogP contribution in [0.25, 0.3) is 0 Å². The molecule has 1 amide bonds. The summed E-state index contributed by atoms with van der Waals surface area (Å²) in [5.74, 6) is 0.647.